The molecule has 2 heterocycles. The van der Waals surface area contributed by atoms with Crippen molar-refractivity contribution in [1.82, 2.24) is 15.0 Å². The molecular formula is C14H14N4. The Bertz CT molecular complexity index is 683. The number of nitrogen functional groups attached to an aromatic ring is 1. The fraction of sp³-hybridized carbons (Fsp3) is 0.143. The lowest BCUT2D eigenvalue weighted by Crippen LogP contribution is -1.90. The predicted molar refractivity (Wildman–Crippen MR) is 72.3 cm³/mol. The van der Waals surface area contributed by atoms with Gasteiger partial charge in [0, 0.05) is 6.42 Å². The first-order valence-corrected chi connectivity index (χ1v) is 5.87. The van der Waals surface area contributed by atoms with Gasteiger partial charge in [-0.05, 0) is 24.6 Å². The average molecular weight is 238 g/mol. The zero-order valence-electron chi connectivity index (χ0n) is 10.1. The van der Waals surface area contributed by atoms with Crippen LogP contribution < -0.4 is 5.73 Å². The standard InChI is InChI=1S/C14H14N4/c1-9-2-4-10(5-3-9)8-13-16-11-6-7-12(15)17-14(11)18-13/h2-7H,8H2,1H3,(H3,15,16,17,18). The number of nitrogens with two attached hydrogens (primary N) is 1. The highest BCUT2D eigenvalue weighted by Gasteiger charge is 2.05. The number of nitrogens with zero attached hydrogens (tertiary/aromatic N) is 2. The number of hydrogen-bond donors (Lipinski definition) is 2. The first kappa shape index (κ1) is 10.8. The molecular weight excluding hydrogens is 224 g/mol. The molecule has 18 heavy (non-hydrogen) atoms. The average Bonchev–Trinajstić information content (AvgIpc) is 2.73. The Morgan fingerprint density at radius 3 is 2.61 bits per heavy atom. The lowest BCUT2D eigenvalue weighted by molar-refractivity contribution is 1.03. The Hall–Kier alpha value is -2.36. The van der Waals surface area contributed by atoms with Crippen LogP contribution in [0.4, 0.5) is 5.82 Å². The molecule has 0 radical (unpaired) electrons. The third kappa shape index (κ3) is 2.05. The number of imidazole rings is 1. The number of aromatic nitrogens is 3. The van der Waals surface area contributed by atoms with Gasteiger partial charge >= 0.3 is 0 Å². The smallest absolute Gasteiger partial charge is 0.179 e. The van der Waals surface area contributed by atoms with Crippen molar-refractivity contribution in [3.63, 3.8) is 0 Å². The van der Waals surface area contributed by atoms with Crippen LogP contribution in [0.15, 0.2) is 36.4 Å². The first-order chi connectivity index (χ1) is 8.70. The summed E-state index contributed by atoms with van der Waals surface area (Å²) in [6, 6.07) is 12.1. The van der Waals surface area contributed by atoms with E-state index in [0.717, 1.165) is 17.8 Å². The number of H-pyrrole nitrogens is 1. The minimum atomic E-state index is 0.496. The molecule has 0 atom stereocenters. The number of anilines is 1. The number of pyridine rings is 1. The minimum Gasteiger partial charge on any atom is -0.384 e. The van der Waals surface area contributed by atoms with Crippen molar-refractivity contribution in [3.8, 4) is 0 Å². The van der Waals surface area contributed by atoms with Crippen LogP contribution in [0.5, 0.6) is 0 Å². The number of aromatic amines is 1. The summed E-state index contributed by atoms with van der Waals surface area (Å²) in [6.07, 6.45) is 0.774. The van der Waals surface area contributed by atoms with Crippen LogP contribution in [-0.4, -0.2) is 15.0 Å². The van der Waals surface area contributed by atoms with Crippen molar-refractivity contribution in [2.24, 2.45) is 0 Å². The lowest BCUT2D eigenvalue weighted by atomic mass is 10.1. The van der Waals surface area contributed by atoms with E-state index in [9.17, 15) is 0 Å². The topological polar surface area (TPSA) is 67.6 Å². The Labute approximate surface area is 105 Å². The molecule has 3 aromatic rings. The number of nitrogens with one attached hydrogen (secondary N) is 1. The number of fused-ring (bicyclic) bond motifs is 1. The fourth-order valence-corrected chi connectivity index (χ4v) is 1.94. The number of rotatable bonds is 2. The molecule has 0 fully saturated rings. The van der Waals surface area contributed by atoms with E-state index in [2.05, 4.69) is 46.1 Å². The van der Waals surface area contributed by atoms with Crippen molar-refractivity contribution < 1.29 is 0 Å². The largest absolute Gasteiger partial charge is 0.384 e. The summed E-state index contributed by atoms with van der Waals surface area (Å²) in [5.74, 6) is 1.41. The Morgan fingerprint density at radius 2 is 1.83 bits per heavy atom. The van der Waals surface area contributed by atoms with Gasteiger partial charge in [0.25, 0.3) is 0 Å². The van der Waals surface area contributed by atoms with Gasteiger partial charge in [0.1, 0.15) is 11.6 Å². The number of aryl methyl sites for hydroxylation is 1. The molecule has 4 heteroatoms. The van der Waals surface area contributed by atoms with E-state index in [0.29, 0.717) is 11.5 Å². The van der Waals surface area contributed by atoms with Gasteiger partial charge in [-0.1, -0.05) is 29.8 Å². The highest BCUT2D eigenvalue weighted by atomic mass is 15.0. The van der Waals surface area contributed by atoms with Crippen molar-refractivity contribution in [2.45, 2.75) is 13.3 Å². The number of hydrogen-bond acceptors (Lipinski definition) is 3. The number of benzene rings is 1. The highest BCUT2D eigenvalue weighted by molar-refractivity contribution is 5.72. The van der Waals surface area contributed by atoms with Gasteiger partial charge < -0.3 is 10.7 Å². The summed E-state index contributed by atoms with van der Waals surface area (Å²) in [5.41, 5.74) is 9.73. The van der Waals surface area contributed by atoms with E-state index in [4.69, 9.17) is 5.73 Å². The van der Waals surface area contributed by atoms with Crippen LogP contribution in [0.1, 0.15) is 17.0 Å². The molecule has 0 amide bonds. The van der Waals surface area contributed by atoms with Crippen LogP contribution in [0, 0.1) is 6.92 Å². The van der Waals surface area contributed by atoms with E-state index in [-0.39, 0.29) is 0 Å². The first-order valence-electron chi connectivity index (χ1n) is 5.87. The Morgan fingerprint density at radius 1 is 1.06 bits per heavy atom. The van der Waals surface area contributed by atoms with Gasteiger partial charge in [-0.3, -0.25) is 0 Å². The summed E-state index contributed by atoms with van der Waals surface area (Å²) >= 11 is 0. The van der Waals surface area contributed by atoms with Crippen molar-refractivity contribution in [1.29, 1.82) is 0 Å². The SMILES string of the molecule is Cc1ccc(Cc2nc3nc(N)ccc3[nH]2)cc1. The second-order valence-corrected chi connectivity index (χ2v) is 4.45. The summed E-state index contributed by atoms with van der Waals surface area (Å²) in [4.78, 5) is 11.9. The van der Waals surface area contributed by atoms with Crippen molar-refractivity contribution >= 4 is 17.0 Å². The molecule has 4 nitrogen and oxygen atoms in total. The van der Waals surface area contributed by atoms with E-state index >= 15 is 0 Å². The predicted octanol–water partition coefficient (Wildman–Crippen LogP) is 2.44. The van der Waals surface area contributed by atoms with E-state index in [1.165, 1.54) is 11.1 Å². The monoisotopic (exact) mass is 238 g/mol. The maximum atomic E-state index is 5.64. The molecule has 90 valence electrons. The van der Waals surface area contributed by atoms with Crippen molar-refractivity contribution in [2.75, 3.05) is 5.73 Å². The normalized spacial score (nSPS) is 10.9. The maximum Gasteiger partial charge on any atom is 0.179 e. The second kappa shape index (κ2) is 4.14. The molecule has 3 rings (SSSR count). The zero-order chi connectivity index (χ0) is 12.5. The zero-order valence-corrected chi connectivity index (χ0v) is 10.1. The Balaban J connectivity index is 1.92. The molecule has 2 aromatic heterocycles. The van der Waals surface area contributed by atoms with E-state index < -0.39 is 0 Å². The van der Waals surface area contributed by atoms with Crippen LogP contribution in [0.25, 0.3) is 11.2 Å². The molecule has 0 saturated heterocycles. The molecule has 0 aliphatic rings. The fourth-order valence-electron chi connectivity index (χ4n) is 1.94. The lowest BCUT2D eigenvalue weighted by Gasteiger charge is -1.98. The van der Waals surface area contributed by atoms with Crippen LogP contribution in [-0.2, 0) is 6.42 Å². The maximum absolute atomic E-state index is 5.64. The summed E-state index contributed by atoms with van der Waals surface area (Å²) in [5, 5.41) is 0. The highest BCUT2D eigenvalue weighted by Crippen LogP contribution is 2.14. The van der Waals surface area contributed by atoms with E-state index in [1.807, 2.05) is 6.07 Å². The molecule has 0 aliphatic carbocycles. The van der Waals surface area contributed by atoms with Gasteiger partial charge in [-0.15, -0.1) is 0 Å². The third-order valence-electron chi connectivity index (χ3n) is 2.91. The minimum absolute atomic E-state index is 0.496. The molecule has 3 N–H and O–H groups in total. The second-order valence-electron chi connectivity index (χ2n) is 4.45. The Kier molecular flexibility index (Phi) is 2.48. The molecule has 0 spiro atoms. The van der Waals surface area contributed by atoms with Crippen LogP contribution in [0.3, 0.4) is 0 Å². The van der Waals surface area contributed by atoms with Gasteiger partial charge in [-0.25, -0.2) is 9.97 Å². The van der Waals surface area contributed by atoms with Gasteiger partial charge in [0.15, 0.2) is 5.65 Å². The van der Waals surface area contributed by atoms with Crippen LogP contribution in [0.2, 0.25) is 0 Å². The molecule has 0 unspecified atom stereocenters. The third-order valence-corrected chi connectivity index (χ3v) is 2.91. The molecule has 0 bridgehead atoms. The van der Waals surface area contributed by atoms with Gasteiger partial charge in [0.2, 0.25) is 0 Å². The van der Waals surface area contributed by atoms with Crippen molar-refractivity contribution in [3.05, 3.63) is 53.3 Å². The summed E-state index contributed by atoms with van der Waals surface area (Å²) < 4.78 is 0. The van der Waals surface area contributed by atoms with Gasteiger partial charge in [0.05, 0.1) is 5.52 Å². The molecule has 0 aliphatic heterocycles. The quantitative estimate of drug-likeness (QED) is 0.720. The van der Waals surface area contributed by atoms with E-state index in [1.54, 1.807) is 6.07 Å². The molecule has 1 aromatic carbocycles. The molecule has 0 saturated carbocycles. The van der Waals surface area contributed by atoms with Gasteiger partial charge in [-0.2, -0.15) is 0 Å². The summed E-state index contributed by atoms with van der Waals surface area (Å²) in [6.45, 7) is 2.08. The van der Waals surface area contributed by atoms with Crippen LogP contribution >= 0.6 is 0 Å². The summed E-state index contributed by atoms with van der Waals surface area (Å²) in [7, 11) is 0.